The van der Waals surface area contributed by atoms with Crippen LogP contribution >= 0.6 is 23.5 Å². The lowest BCUT2D eigenvalue weighted by molar-refractivity contribution is -0.148. The van der Waals surface area contributed by atoms with E-state index in [0.717, 1.165) is 23.7 Å². The van der Waals surface area contributed by atoms with Crippen LogP contribution in [-0.4, -0.2) is 110 Å². The predicted octanol–water partition coefficient (Wildman–Crippen LogP) is 4.10. The largest absolute Gasteiger partial charge is 0.490 e. The highest BCUT2D eigenvalue weighted by atomic mass is 32.2. The number of aliphatic carboxylic acids is 2. The van der Waals surface area contributed by atoms with Crippen molar-refractivity contribution in [3.63, 3.8) is 0 Å². The molecule has 0 aliphatic carbocycles. The van der Waals surface area contributed by atoms with Gasteiger partial charge in [-0.3, -0.25) is 0 Å². The van der Waals surface area contributed by atoms with E-state index < -0.39 is 36.1 Å². The molecule has 13 nitrogen and oxygen atoms in total. The maximum atomic E-state index is 11.9. The quantitative estimate of drug-likeness (QED) is 0.0913. The van der Waals surface area contributed by atoms with Gasteiger partial charge in [0, 0.05) is 35.8 Å². The minimum atomic E-state index is -1.26. The molecule has 0 aliphatic heterocycles. The molecular weight excluding hydrogens is 656 g/mol. The molecule has 2 atom stereocenters. The molecule has 0 radical (unpaired) electrons. The zero-order valence-corrected chi connectivity index (χ0v) is 27.6. The van der Waals surface area contributed by atoms with Gasteiger partial charge in [-0.05, 0) is 61.0 Å². The number of thioether (sulfide) groups is 2. The molecule has 47 heavy (non-hydrogen) atoms. The van der Waals surface area contributed by atoms with Crippen LogP contribution in [0.25, 0.3) is 0 Å². The summed E-state index contributed by atoms with van der Waals surface area (Å²) in [6, 6.07) is 13.5. The number of ether oxygens (including phenoxy) is 7. The lowest BCUT2D eigenvalue weighted by Gasteiger charge is -2.18. The average Bonchev–Trinajstić information content (AvgIpc) is 3.05. The fraction of sp³-hybridized carbons (Fsp3) is 0.375. The summed E-state index contributed by atoms with van der Waals surface area (Å²) < 4.78 is 39.0. The Morgan fingerprint density at radius 2 is 0.957 bits per heavy atom. The summed E-state index contributed by atoms with van der Waals surface area (Å²) >= 11 is 3.21. The van der Waals surface area contributed by atoms with Crippen molar-refractivity contribution in [2.24, 2.45) is 0 Å². The molecular formula is C32H38O13S2. The number of carboxylic acids is 2. The molecule has 0 saturated heterocycles. The van der Waals surface area contributed by atoms with Crippen LogP contribution in [0.3, 0.4) is 0 Å². The Hall–Kier alpha value is -4.18. The molecule has 256 valence electrons. The number of carboxylic acid groups (broad SMARTS) is 2. The Labute approximate surface area is 281 Å². The molecule has 2 aromatic rings. The molecule has 0 heterocycles. The van der Waals surface area contributed by atoms with Crippen LogP contribution in [0.4, 0.5) is 0 Å². The van der Waals surface area contributed by atoms with E-state index in [4.69, 9.17) is 43.4 Å². The first-order chi connectivity index (χ1) is 22.7. The van der Waals surface area contributed by atoms with Crippen molar-refractivity contribution in [2.45, 2.75) is 12.2 Å². The highest BCUT2D eigenvalue weighted by Crippen LogP contribution is 2.26. The Balaban J connectivity index is 1.90. The topological polar surface area (TPSA) is 173 Å². The molecule has 2 unspecified atom stereocenters. The molecule has 15 heteroatoms. The van der Waals surface area contributed by atoms with E-state index in [9.17, 15) is 19.2 Å². The van der Waals surface area contributed by atoms with Crippen molar-refractivity contribution in [1.29, 1.82) is 0 Å². The van der Waals surface area contributed by atoms with Gasteiger partial charge in [0.15, 0.2) is 12.2 Å². The fourth-order valence-corrected chi connectivity index (χ4v) is 3.92. The summed E-state index contributed by atoms with van der Waals surface area (Å²) in [4.78, 5) is 45.2. The Bertz CT molecular complexity index is 1200. The Kier molecular flexibility index (Phi) is 19.2. The van der Waals surface area contributed by atoms with Gasteiger partial charge in [0.05, 0.1) is 26.4 Å². The number of hydrogen-bond donors (Lipinski definition) is 2. The maximum absolute atomic E-state index is 11.9. The predicted molar refractivity (Wildman–Crippen MR) is 176 cm³/mol. The average molecular weight is 695 g/mol. The van der Waals surface area contributed by atoms with E-state index in [0.29, 0.717) is 48.4 Å². The summed E-state index contributed by atoms with van der Waals surface area (Å²) in [5, 5.41) is 17.4. The molecule has 0 fully saturated rings. The number of esters is 2. The third-order valence-corrected chi connectivity index (χ3v) is 6.67. The van der Waals surface area contributed by atoms with Gasteiger partial charge in [0.2, 0.25) is 0 Å². The van der Waals surface area contributed by atoms with Gasteiger partial charge in [-0.15, -0.1) is 0 Å². The molecule has 0 aromatic heterocycles. The molecule has 0 spiro atoms. The SMILES string of the molecule is CSCCOCC(COc1ccc(Oc2ccc(OCC(COCCSC)OC(=O)C=CC(=O)O)cc2)cc1)OC(=O)C=CC(=O)O. The highest BCUT2D eigenvalue weighted by Gasteiger charge is 2.17. The van der Waals surface area contributed by atoms with E-state index >= 15 is 0 Å². The number of hydrogen-bond acceptors (Lipinski definition) is 13. The van der Waals surface area contributed by atoms with E-state index in [1.165, 1.54) is 0 Å². The number of carbonyl (C=O) groups excluding carboxylic acids is 2. The second kappa shape index (κ2) is 23.2. The molecule has 2 aromatic carbocycles. The van der Waals surface area contributed by atoms with Gasteiger partial charge in [0.25, 0.3) is 0 Å². The Morgan fingerprint density at radius 1 is 0.596 bits per heavy atom. The smallest absolute Gasteiger partial charge is 0.331 e. The van der Waals surface area contributed by atoms with Crippen LogP contribution in [0.2, 0.25) is 0 Å². The summed E-state index contributed by atoms with van der Waals surface area (Å²) in [5.74, 6) is -0.625. The van der Waals surface area contributed by atoms with Gasteiger partial charge in [-0.25, -0.2) is 19.2 Å². The van der Waals surface area contributed by atoms with E-state index in [-0.39, 0.29) is 26.4 Å². The van der Waals surface area contributed by atoms with Crippen LogP contribution < -0.4 is 14.2 Å². The van der Waals surface area contributed by atoms with Crippen LogP contribution in [0.15, 0.2) is 72.8 Å². The molecule has 2 N–H and O–H groups in total. The van der Waals surface area contributed by atoms with E-state index in [1.54, 1.807) is 72.1 Å². The lowest BCUT2D eigenvalue weighted by Crippen LogP contribution is -2.29. The molecule has 2 rings (SSSR count). The molecule has 0 bridgehead atoms. The van der Waals surface area contributed by atoms with E-state index in [2.05, 4.69) is 0 Å². The molecule has 0 aliphatic rings. The second-order valence-electron chi connectivity index (χ2n) is 9.26. The Morgan fingerprint density at radius 3 is 1.30 bits per heavy atom. The zero-order chi connectivity index (χ0) is 34.3. The molecule has 0 saturated carbocycles. The van der Waals surface area contributed by atoms with Gasteiger partial charge in [-0.2, -0.15) is 23.5 Å². The summed E-state index contributed by atoms with van der Waals surface area (Å²) in [7, 11) is 0. The number of carbonyl (C=O) groups is 4. The minimum Gasteiger partial charge on any atom is -0.490 e. The lowest BCUT2D eigenvalue weighted by atomic mass is 10.3. The number of benzene rings is 2. The number of rotatable bonds is 24. The van der Waals surface area contributed by atoms with Gasteiger partial charge in [-0.1, -0.05) is 0 Å². The van der Waals surface area contributed by atoms with Crippen molar-refractivity contribution in [3.8, 4) is 23.0 Å². The van der Waals surface area contributed by atoms with Crippen molar-refractivity contribution in [2.75, 3.05) is 63.7 Å². The van der Waals surface area contributed by atoms with Gasteiger partial charge in [0.1, 0.15) is 36.2 Å². The standard InChI is InChI=1S/C32H38O13S2/c1-46-17-15-39-19-27(44-31(37)13-11-29(33)34)21-41-23-3-7-25(8-4-23)43-26-9-5-24(6-10-26)42-22-28(20-40-16-18-47-2)45-32(38)14-12-30(35)36/h3-14,27-28H,15-22H2,1-2H3,(H,33,34)(H,35,36). The van der Waals surface area contributed by atoms with E-state index in [1.807, 2.05) is 12.5 Å². The van der Waals surface area contributed by atoms with Crippen molar-refractivity contribution in [3.05, 3.63) is 72.8 Å². The van der Waals surface area contributed by atoms with Crippen molar-refractivity contribution in [1.82, 2.24) is 0 Å². The first-order valence-corrected chi connectivity index (χ1v) is 17.0. The van der Waals surface area contributed by atoms with Crippen LogP contribution in [0.5, 0.6) is 23.0 Å². The van der Waals surface area contributed by atoms with Crippen LogP contribution in [0, 0.1) is 0 Å². The normalized spacial score (nSPS) is 12.4. The third kappa shape index (κ3) is 18.5. The fourth-order valence-electron chi connectivity index (χ4n) is 3.35. The zero-order valence-electron chi connectivity index (χ0n) is 25.9. The first-order valence-electron chi connectivity index (χ1n) is 14.2. The summed E-state index contributed by atoms with van der Waals surface area (Å²) in [6.45, 7) is 1.03. The summed E-state index contributed by atoms with van der Waals surface area (Å²) in [5.41, 5.74) is 0. The third-order valence-electron chi connectivity index (χ3n) is 5.52. The summed E-state index contributed by atoms with van der Waals surface area (Å²) in [6.07, 6.45) is 5.40. The van der Waals surface area contributed by atoms with Crippen molar-refractivity contribution >= 4 is 47.4 Å². The van der Waals surface area contributed by atoms with Crippen LogP contribution in [0.1, 0.15) is 0 Å². The van der Waals surface area contributed by atoms with Crippen LogP contribution in [-0.2, 0) is 38.1 Å². The second-order valence-corrected chi connectivity index (χ2v) is 11.2. The highest BCUT2D eigenvalue weighted by molar-refractivity contribution is 7.98. The maximum Gasteiger partial charge on any atom is 0.331 e. The molecule has 0 amide bonds. The van der Waals surface area contributed by atoms with Crippen molar-refractivity contribution < 1.29 is 62.5 Å². The van der Waals surface area contributed by atoms with Gasteiger partial charge >= 0.3 is 23.9 Å². The first kappa shape index (κ1) is 39.0. The minimum absolute atomic E-state index is 0.0172. The van der Waals surface area contributed by atoms with Gasteiger partial charge < -0.3 is 43.4 Å². The monoisotopic (exact) mass is 694 g/mol.